The van der Waals surface area contributed by atoms with E-state index >= 15 is 0 Å². The molecule has 0 spiro atoms. The van der Waals surface area contributed by atoms with Crippen molar-refractivity contribution in [2.24, 2.45) is 5.92 Å². The van der Waals surface area contributed by atoms with Crippen LogP contribution in [0.1, 0.15) is 18.4 Å². The molecule has 0 saturated heterocycles. The zero-order valence-electron chi connectivity index (χ0n) is 44.5. The van der Waals surface area contributed by atoms with E-state index < -0.39 is 0 Å². The van der Waals surface area contributed by atoms with Crippen molar-refractivity contribution in [2.75, 3.05) is 4.90 Å². The summed E-state index contributed by atoms with van der Waals surface area (Å²) in [4.78, 5) is 19.1. The Hall–Kier alpha value is -10.3. The molecule has 382 valence electrons. The summed E-state index contributed by atoms with van der Waals surface area (Å²) in [7, 11) is 0. The summed E-state index contributed by atoms with van der Waals surface area (Å²) >= 11 is 1.89. The molecule has 5 nitrogen and oxygen atoms in total. The third-order valence-electron chi connectivity index (χ3n) is 17.8. The molecule has 3 aromatic heterocycles. The van der Waals surface area contributed by atoms with E-state index in [1.54, 1.807) is 0 Å². The van der Waals surface area contributed by atoms with Gasteiger partial charge in [0.2, 0.25) is 5.95 Å². The third-order valence-corrected chi connectivity index (χ3v) is 19.1. The summed E-state index contributed by atoms with van der Waals surface area (Å²) in [5.41, 5.74) is 11.4. The maximum absolute atomic E-state index is 5.53. The van der Waals surface area contributed by atoms with Crippen LogP contribution in [0.5, 0.6) is 0 Å². The molecule has 2 aliphatic rings. The van der Waals surface area contributed by atoms with E-state index in [0.29, 0.717) is 23.5 Å². The van der Waals surface area contributed by atoms with Crippen molar-refractivity contribution in [3.05, 3.63) is 266 Å². The standard InChI is InChI=1S/C76H47N5S/c1-44-16-14-29-69-72(44)65-41-46(35-39-68(65)80(69)70-30-15-27-61-60-26-11-13-31-71(60)82-73(61)70)45-34-38-67-64(40-45)59-25-10-12-28-66(59)81(67)76-78-74(47-32-36-57-53-21-4-2-17-49(53)51-19-6-8-23-55(51)62(57)42-47)77-75(79-76)48-33-37-58-54-22-5-3-18-50(54)52-20-7-9-24-56(52)63(58)43-48/h2-44,72H,1H3. The molecule has 0 bridgehead atoms. The maximum atomic E-state index is 5.53. The minimum absolute atomic E-state index is 0.226. The van der Waals surface area contributed by atoms with E-state index in [9.17, 15) is 0 Å². The second-order valence-corrected chi connectivity index (χ2v) is 23.3. The van der Waals surface area contributed by atoms with Crippen LogP contribution in [0.25, 0.3) is 146 Å². The Balaban J connectivity index is 0.826. The number of para-hydroxylation sites is 1. The van der Waals surface area contributed by atoms with Gasteiger partial charge in [-0.15, -0.1) is 11.3 Å². The highest BCUT2D eigenvalue weighted by molar-refractivity contribution is 7.26. The van der Waals surface area contributed by atoms with Crippen LogP contribution >= 0.6 is 11.3 Å². The van der Waals surface area contributed by atoms with E-state index in [1.807, 2.05) is 11.3 Å². The number of thiophene rings is 1. The molecule has 2 unspecified atom stereocenters. The minimum Gasteiger partial charge on any atom is -0.312 e. The molecule has 18 rings (SSSR count). The van der Waals surface area contributed by atoms with Gasteiger partial charge in [0.1, 0.15) is 0 Å². The van der Waals surface area contributed by atoms with Gasteiger partial charge in [-0.2, -0.15) is 9.97 Å². The number of rotatable bonds is 5. The Kier molecular flexibility index (Phi) is 9.65. The highest BCUT2D eigenvalue weighted by atomic mass is 32.1. The van der Waals surface area contributed by atoms with Crippen molar-refractivity contribution >= 4 is 129 Å². The second-order valence-electron chi connectivity index (χ2n) is 22.2. The van der Waals surface area contributed by atoms with E-state index in [-0.39, 0.29) is 5.92 Å². The van der Waals surface area contributed by atoms with Crippen molar-refractivity contribution in [3.8, 4) is 39.9 Å². The van der Waals surface area contributed by atoms with Gasteiger partial charge in [0.25, 0.3) is 0 Å². The second kappa shape index (κ2) is 17.4. The maximum Gasteiger partial charge on any atom is 0.238 e. The van der Waals surface area contributed by atoms with Crippen molar-refractivity contribution in [3.63, 3.8) is 0 Å². The van der Waals surface area contributed by atoms with Gasteiger partial charge in [0, 0.05) is 54.7 Å². The first-order chi connectivity index (χ1) is 40.6. The number of allylic oxidation sites excluding steroid dienone is 4. The quantitative estimate of drug-likeness (QED) is 0.161. The van der Waals surface area contributed by atoms with Gasteiger partial charge >= 0.3 is 0 Å². The van der Waals surface area contributed by atoms with Gasteiger partial charge in [0.05, 0.1) is 21.4 Å². The Morgan fingerprint density at radius 2 is 0.841 bits per heavy atom. The normalized spacial score (nSPS) is 15.1. The number of aromatic nitrogens is 4. The monoisotopic (exact) mass is 1060 g/mol. The summed E-state index contributed by atoms with van der Waals surface area (Å²) in [6, 6.07) is 86.8. The van der Waals surface area contributed by atoms with E-state index in [4.69, 9.17) is 15.0 Å². The summed E-state index contributed by atoms with van der Waals surface area (Å²) in [5.74, 6) is 2.35. The summed E-state index contributed by atoms with van der Waals surface area (Å²) in [5, 5.41) is 19.4. The lowest BCUT2D eigenvalue weighted by molar-refractivity contribution is 0.619. The molecule has 0 fully saturated rings. The van der Waals surface area contributed by atoms with Crippen molar-refractivity contribution in [1.82, 2.24) is 19.5 Å². The Morgan fingerprint density at radius 3 is 1.46 bits per heavy atom. The van der Waals surface area contributed by atoms with Crippen molar-refractivity contribution in [2.45, 2.75) is 12.8 Å². The van der Waals surface area contributed by atoms with Crippen molar-refractivity contribution < 1.29 is 0 Å². The summed E-state index contributed by atoms with van der Waals surface area (Å²) in [6.07, 6.45) is 6.95. The van der Waals surface area contributed by atoms with Crippen LogP contribution < -0.4 is 4.90 Å². The SMILES string of the molecule is CC1C=CC=C2C1c1cc(-c3ccc4c(c3)c3ccccc3n4-c3nc(-c4ccc5c6ccccc6c6ccccc6c5c4)nc(-c4ccc5c6ccccc6c6ccccc6c5c4)n3)ccc1N2c1cccc2c1sc1ccccc12. The number of hydrogen-bond donors (Lipinski definition) is 0. The van der Waals surface area contributed by atoms with Gasteiger partial charge in [-0.1, -0.05) is 201 Å². The largest absolute Gasteiger partial charge is 0.312 e. The average molecular weight is 1060 g/mol. The fourth-order valence-electron chi connectivity index (χ4n) is 14.2. The molecule has 1 aliphatic carbocycles. The fourth-order valence-corrected chi connectivity index (χ4v) is 15.4. The van der Waals surface area contributed by atoms with Crippen LogP contribution in [0.15, 0.2) is 261 Å². The van der Waals surface area contributed by atoms with Crippen molar-refractivity contribution in [1.29, 1.82) is 0 Å². The molecule has 1 aliphatic heterocycles. The van der Waals surface area contributed by atoms with E-state index in [2.05, 4.69) is 271 Å². The Morgan fingerprint density at radius 1 is 0.366 bits per heavy atom. The first kappa shape index (κ1) is 45.6. The number of hydrogen-bond acceptors (Lipinski definition) is 5. The molecule has 82 heavy (non-hydrogen) atoms. The molecule has 4 heterocycles. The molecule has 2 atom stereocenters. The van der Waals surface area contributed by atoms with E-state index in [0.717, 1.165) is 38.5 Å². The van der Waals surface area contributed by atoms with Crippen LogP contribution in [-0.4, -0.2) is 19.5 Å². The predicted molar refractivity (Wildman–Crippen MR) is 346 cm³/mol. The number of nitrogens with zero attached hydrogens (tertiary/aromatic N) is 5. The topological polar surface area (TPSA) is 46.8 Å². The van der Waals surface area contributed by atoms with Crippen LogP contribution in [0.2, 0.25) is 0 Å². The first-order valence-corrected chi connectivity index (χ1v) is 29.1. The fraction of sp³-hybridized carbons (Fsp3) is 0.0395. The number of fused-ring (bicyclic) bond motifs is 21. The minimum atomic E-state index is 0.226. The molecule has 13 aromatic carbocycles. The van der Waals surface area contributed by atoms with Crippen LogP contribution in [0.3, 0.4) is 0 Å². The van der Waals surface area contributed by atoms with E-state index in [1.165, 1.54) is 113 Å². The summed E-state index contributed by atoms with van der Waals surface area (Å²) < 4.78 is 4.89. The van der Waals surface area contributed by atoms with Gasteiger partial charge < -0.3 is 4.90 Å². The lowest BCUT2D eigenvalue weighted by atomic mass is 9.83. The smallest absolute Gasteiger partial charge is 0.238 e. The zero-order chi connectivity index (χ0) is 53.7. The predicted octanol–water partition coefficient (Wildman–Crippen LogP) is 20.6. The Labute approximate surface area is 475 Å². The Bertz CT molecular complexity index is 5280. The molecular weight excluding hydrogens is 1010 g/mol. The summed E-state index contributed by atoms with van der Waals surface area (Å²) in [6.45, 7) is 2.36. The molecular formula is C76H47N5S. The van der Waals surface area contributed by atoms with Crippen LogP contribution in [-0.2, 0) is 0 Å². The highest BCUT2D eigenvalue weighted by Crippen LogP contribution is 2.56. The molecule has 0 radical (unpaired) electrons. The third kappa shape index (κ3) is 6.58. The molecule has 16 aromatic rings. The van der Waals surface area contributed by atoms with Crippen LogP contribution in [0, 0.1) is 5.92 Å². The van der Waals surface area contributed by atoms with Gasteiger partial charge in [-0.05, 0) is 148 Å². The average Bonchev–Trinajstić information content (AvgIpc) is 3.54. The number of anilines is 2. The lowest BCUT2D eigenvalue weighted by Gasteiger charge is -2.27. The number of benzene rings is 13. The van der Waals surface area contributed by atoms with Crippen LogP contribution in [0.4, 0.5) is 11.4 Å². The molecule has 6 heteroatoms. The molecule has 0 N–H and O–H groups in total. The van der Waals surface area contributed by atoms with Gasteiger partial charge in [-0.3, -0.25) is 4.57 Å². The molecule has 0 saturated carbocycles. The highest BCUT2D eigenvalue weighted by Gasteiger charge is 2.39. The zero-order valence-corrected chi connectivity index (χ0v) is 45.4. The van der Waals surface area contributed by atoms with Gasteiger partial charge in [0.15, 0.2) is 11.6 Å². The lowest BCUT2D eigenvalue weighted by Crippen LogP contribution is -2.18. The molecule has 0 amide bonds. The first-order valence-electron chi connectivity index (χ1n) is 28.3. The van der Waals surface area contributed by atoms with Gasteiger partial charge in [-0.25, -0.2) is 4.98 Å².